The van der Waals surface area contributed by atoms with Crippen molar-refractivity contribution in [2.24, 2.45) is 0 Å². The topological polar surface area (TPSA) is 77.9 Å². The molecule has 0 spiro atoms. The van der Waals surface area contributed by atoms with E-state index in [4.69, 9.17) is 5.11 Å². The summed E-state index contributed by atoms with van der Waals surface area (Å²) in [7, 11) is -3.82. The van der Waals surface area contributed by atoms with Gasteiger partial charge in [0.1, 0.15) is 5.82 Å². The summed E-state index contributed by atoms with van der Waals surface area (Å²) >= 11 is 2.97. The van der Waals surface area contributed by atoms with Crippen LogP contribution < -0.4 is 0 Å². The van der Waals surface area contributed by atoms with Gasteiger partial charge in [-0.05, 0) is 40.5 Å². The van der Waals surface area contributed by atoms with Gasteiger partial charge in [-0.1, -0.05) is 0 Å². The maximum absolute atomic E-state index is 13.5. The Morgan fingerprint density at radius 2 is 1.95 bits per heavy atom. The lowest BCUT2D eigenvalue weighted by molar-refractivity contribution is 0.147. The van der Waals surface area contributed by atoms with Crippen LogP contribution in [0.2, 0.25) is 0 Å². The number of carbonyl (C=O) groups is 1. The number of sulfonamides is 1. The Morgan fingerprint density at radius 3 is 2.57 bits per heavy atom. The Hall–Kier alpha value is -1.19. The first-order valence-electron chi connectivity index (χ1n) is 6.25. The van der Waals surface area contributed by atoms with Crippen LogP contribution in [-0.4, -0.2) is 55.0 Å². The van der Waals surface area contributed by atoms with Gasteiger partial charge in [0.15, 0.2) is 0 Å². The smallest absolute Gasteiger partial charge is 0.407 e. The van der Waals surface area contributed by atoms with Gasteiger partial charge in [-0.25, -0.2) is 17.6 Å². The standard InChI is InChI=1S/C12H14BrFN2O4S/c13-10-3-2-9(8-11(10)14)21(19,20)16-5-1-4-15(6-7-16)12(17)18/h2-3,8H,1,4-7H2,(H,17,18). The number of rotatable bonds is 2. The lowest BCUT2D eigenvalue weighted by Crippen LogP contribution is -2.36. The molecule has 0 atom stereocenters. The molecule has 0 saturated carbocycles. The molecular formula is C12H14BrFN2O4S. The molecule has 0 bridgehead atoms. The molecule has 21 heavy (non-hydrogen) atoms. The van der Waals surface area contributed by atoms with Crippen LogP contribution in [0.1, 0.15) is 6.42 Å². The van der Waals surface area contributed by atoms with Crippen LogP contribution in [0.25, 0.3) is 0 Å². The van der Waals surface area contributed by atoms with Crippen LogP contribution in [0.5, 0.6) is 0 Å². The van der Waals surface area contributed by atoms with E-state index in [-0.39, 0.29) is 35.5 Å². The SMILES string of the molecule is O=C(O)N1CCCN(S(=O)(=O)c2ccc(Br)c(F)c2)CC1. The minimum atomic E-state index is -3.82. The molecule has 1 aliphatic rings. The summed E-state index contributed by atoms with van der Waals surface area (Å²) in [5.41, 5.74) is 0. The lowest BCUT2D eigenvalue weighted by Gasteiger charge is -2.20. The summed E-state index contributed by atoms with van der Waals surface area (Å²) in [4.78, 5) is 12.0. The van der Waals surface area contributed by atoms with Crippen LogP contribution in [0.3, 0.4) is 0 Å². The Bertz CT molecular complexity index is 653. The predicted molar refractivity (Wildman–Crippen MR) is 77.1 cm³/mol. The quantitative estimate of drug-likeness (QED) is 0.850. The number of benzene rings is 1. The van der Waals surface area contributed by atoms with Gasteiger partial charge in [0.2, 0.25) is 10.0 Å². The van der Waals surface area contributed by atoms with Crippen molar-refractivity contribution >= 4 is 32.0 Å². The number of nitrogens with zero attached hydrogens (tertiary/aromatic N) is 2. The van der Waals surface area contributed by atoms with Gasteiger partial charge < -0.3 is 10.0 Å². The van der Waals surface area contributed by atoms with Gasteiger partial charge in [-0.2, -0.15) is 4.31 Å². The third-order valence-electron chi connectivity index (χ3n) is 3.25. The molecule has 1 amide bonds. The van der Waals surface area contributed by atoms with Crippen LogP contribution in [0, 0.1) is 5.82 Å². The van der Waals surface area contributed by atoms with Gasteiger partial charge in [-0.15, -0.1) is 0 Å². The summed E-state index contributed by atoms with van der Waals surface area (Å²) < 4.78 is 39.8. The first-order valence-corrected chi connectivity index (χ1v) is 8.49. The normalized spacial score (nSPS) is 17.5. The van der Waals surface area contributed by atoms with Crippen LogP contribution >= 0.6 is 15.9 Å². The number of halogens is 2. The Kier molecular flexibility index (Phi) is 4.84. The van der Waals surface area contributed by atoms with E-state index in [1.165, 1.54) is 21.3 Å². The van der Waals surface area contributed by atoms with E-state index < -0.39 is 21.9 Å². The summed E-state index contributed by atoms with van der Waals surface area (Å²) in [6, 6.07) is 3.62. The summed E-state index contributed by atoms with van der Waals surface area (Å²) in [5, 5.41) is 8.94. The Balaban J connectivity index is 2.23. The number of hydrogen-bond donors (Lipinski definition) is 1. The highest BCUT2D eigenvalue weighted by Gasteiger charge is 2.28. The predicted octanol–water partition coefficient (Wildman–Crippen LogP) is 1.96. The van der Waals surface area contributed by atoms with Gasteiger partial charge in [0.05, 0.1) is 9.37 Å². The Labute approximate surface area is 130 Å². The average molecular weight is 381 g/mol. The second-order valence-corrected chi connectivity index (χ2v) is 7.40. The third-order valence-corrected chi connectivity index (χ3v) is 5.79. The molecule has 0 aliphatic carbocycles. The van der Waals surface area contributed by atoms with E-state index in [2.05, 4.69) is 15.9 Å². The number of amides is 1. The lowest BCUT2D eigenvalue weighted by atomic mass is 10.3. The van der Waals surface area contributed by atoms with Crippen molar-refractivity contribution in [2.75, 3.05) is 26.2 Å². The molecule has 6 nitrogen and oxygen atoms in total. The van der Waals surface area contributed by atoms with E-state index in [9.17, 15) is 17.6 Å². The molecule has 1 fully saturated rings. The molecule has 9 heteroatoms. The van der Waals surface area contributed by atoms with Gasteiger partial charge >= 0.3 is 6.09 Å². The minimum absolute atomic E-state index is 0.0618. The highest BCUT2D eigenvalue weighted by molar-refractivity contribution is 9.10. The number of carboxylic acid groups (broad SMARTS) is 1. The largest absolute Gasteiger partial charge is 0.465 e. The summed E-state index contributed by atoms with van der Waals surface area (Å²) in [5.74, 6) is -0.655. The van der Waals surface area contributed by atoms with E-state index in [1.807, 2.05) is 0 Å². The minimum Gasteiger partial charge on any atom is -0.465 e. The first kappa shape index (κ1) is 16.2. The molecule has 0 radical (unpaired) electrons. The summed E-state index contributed by atoms with van der Waals surface area (Å²) in [6.45, 7) is 0.666. The van der Waals surface area contributed by atoms with Crippen molar-refractivity contribution in [2.45, 2.75) is 11.3 Å². The molecule has 0 unspecified atom stereocenters. The van der Waals surface area contributed by atoms with Crippen molar-refractivity contribution in [1.29, 1.82) is 0 Å². The van der Waals surface area contributed by atoms with Crippen molar-refractivity contribution in [3.8, 4) is 0 Å². The van der Waals surface area contributed by atoms with Crippen molar-refractivity contribution < 1.29 is 22.7 Å². The molecule has 1 aromatic carbocycles. The molecule has 1 N–H and O–H groups in total. The second-order valence-electron chi connectivity index (χ2n) is 4.60. The van der Waals surface area contributed by atoms with E-state index in [1.54, 1.807) is 0 Å². The monoisotopic (exact) mass is 380 g/mol. The zero-order valence-electron chi connectivity index (χ0n) is 11.0. The molecule has 0 aromatic heterocycles. The van der Waals surface area contributed by atoms with Gasteiger partial charge in [0, 0.05) is 26.2 Å². The second kappa shape index (κ2) is 6.29. The maximum Gasteiger partial charge on any atom is 0.407 e. The average Bonchev–Trinajstić information content (AvgIpc) is 2.68. The Morgan fingerprint density at radius 1 is 1.24 bits per heavy atom. The maximum atomic E-state index is 13.5. The van der Waals surface area contributed by atoms with Crippen molar-refractivity contribution in [3.63, 3.8) is 0 Å². The summed E-state index contributed by atoms with van der Waals surface area (Å²) in [6.07, 6.45) is -0.659. The van der Waals surface area contributed by atoms with Gasteiger partial charge in [0.25, 0.3) is 0 Å². The fourth-order valence-electron chi connectivity index (χ4n) is 2.11. The molecule has 1 saturated heterocycles. The fourth-order valence-corrected chi connectivity index (χ4v) is 3.84. The third kappa shape index (κ3) is 3.53. The molecule has 1 heterocycles. The molecule has 2 rings (SSSR count). The van der Waals surface area contributed by atoms with Crippen LogP contribution in [0.15, 0.2) is 27.6 Å². The first-order chi connectivity index (χ1) is 9.82. The van der Waals surface area contributed by atoms with E-state index in [0.717, 1.165) is 6.07 Å². The van der Waals surface area contributed by atoms with E-state index in [0.29, 0.717) is 6.42 Å². The zero-order chi connectivity index (χ0) is 15.6. The highest BCUT2D eigenvalue weighted by Crippen LogP contribution is 2.23. The van der Waals surface area contributed by atoms with Crippen molar-refractivity contribution in [1.82, 2.24) is 9.21 Å². The van der Waals surface area contributed by atoms with Crippen LogP contribution in [-0.2, 0) is 10.0 Å². The number of hydrogen-bond acceptors (Lipinski definition) is 3. The fraction of sp³-hybridized carbons (Fsp3) is 0.417. The zero-order valence-corrected chi connectivity index (χ0v) is 13.4. The van der Waals surface area contributed by atoms with Crippen LogP contribution in [0.4, 0.5) is 9.18 Å². The molecule has 1 aromatic rings. The van der Waals surface area contributed by atoms with E-state index >= 15 is 0 Å². The highest BCUT2D eigenvalue weighted by atomic mass is 79.9. The molecular weight excluding hydrogens is 367 g/mol. The molecule has 1 aliphatic heterocycles. The molecule has 116 valence electrons. The van der Waals surface area contributed by atoms with Crippen molar-refractivity contribution in [3.05, 3.63) is 28.5 Å². The van der Waals surface area contributed by atoms with Gasteiger partial charge in [-0.3, -0.25) is 0 Å².